The van der Waals surface area contributed by atoms with Crippen LogP contribution in [0.25, 0.3) is 0 Å². The van der Waals surface area contributed by atoms with Crippen LogP contribution >= 0.6 is 0 Å². The molecule has 148 valence electrons. The molecule has 29 heavy (non-hydrogen) atoms. The minimum absolute atomic E-state index is 0.0354. The van der Waals surface area contributed by atoms with Crippen LogP contribution in [0.2, 0.25) is 0 Å². The summed E-state index contributed by atoms with van der Waals surface area (Å²) in [5.74, 6) is 1.29. The lowest BCUT2D eigenvalue weighted by Gasteiger charge is -2.36. The Morgan fingerprint density at radius 3 is 2.03 bits per heavy atom. The number of ketones is 1. The molecule has 0 radical (unpaired) electrons. The van der Waals surface area contributed by atoms with E-state index in [1.165, 1.54) is 16.7 Å². The van der Waals surface area contributed by atoms with E-state index in [0.29, 0.717) is 12.2 Å². The van der Waals surface area contributed by atoms with Crippen LogP contribution in [0.15, 0.2) is 84.9 Å². The molecule has 1 saturated heterocycles. The second-order valence-corrected chi connectivity index (χ2v) is 7.71. The van der Waals surface area contributed by atoms with Gasteiger partial charge in [-0.3, -0.25) is 9.69 Å². The van der Waals surface area contributed by atoms with Crippen LogP contribution in [-0.4, -0.2) is 30.9 Å². The standard InChI is InChI=1S/C26H27NO2/c1-29-23-14-12-20(13-15-23)18-27-17-16-25(28)24(19-27)26(21-8-4-2-5-9-21)22-10-6-3-7-11-22/h2-15,24,26H,16-19H2,1H3. The molecule has 3 heteroatoms. The molecule has 1 aliphatic heterocycles. The van der Waals surface area contributed by atoms with Crippen LogP contribution in [-0.2, 0) is 11.3 Å². The van der Waals surface area contributed by atoms with Gasteiger partial charge in [-0.2, -0.15) is 0 Å². The monoisotopic (exact) mass is 385 g/mol. The van der Waals surface area contributed by atoms with Crippen molar-refractivity contribution in [2.45, 2.75) is 18.9 Å². The van der Waals surface area contributed by atoms with E-state index in [9.17, 15) is 4.79 Å². The lowest BCUT2D eigenvalue weighted by molar-refractivity contribution is -0.126. The average Bonchev–Trinajstić information content (AvgIpc) is 2.78. The molecule has 1 heterocycles. The van der Waals surface area contributed by atoms with Gasteiger partial charge in [-0.15, -0.1) is 0 Å². The van der Waals surface area contributed by atoms with Gasteiger partial charge in [0.25, 0.3) is 0 Å². The highest BCUT2D eigenvalue weighted by atomic mass is 16.5. The van der Waals surface area contributed by atoms with Crippen molar-refractivity contribution in [3.8, 4) is 5.75 Å². The van der Waals surface area contributed by atoms with Gasteiger partial charge in [0.2, 0.25) is 0 Å². The first-order valence-corrected chi connectivity index (χ1v) is 10.2. The van der Waals surface area contributed by atoms with Crippen molar-refractivity contribution in [3.63, 3.8) is 0 Å². The van der Waals surface area contributed by atoms with Crippen molar-refractivity contribution in [1.82, 2.24) is 4.90 Å². The van der Waals surface area contributed by atoms with Gasteiger partial charge in [-0.25, -0.2) is 0 Å². The molecule has 3 nitrogen and oxygen atoms in total. The fraction of sp³-hybridized carbons (Fsp3) is 0.269. The molecular weight excluding hydrogens is 358 g/mol. The summed E-state index contributed by atoms with van der Waals surface area (Å²) in [5, 5.41) is 0. The van der Waals surface area contributed by atoms with E-state index in [2.05, 4.69) is 65.6 Å². The van der Waals surface area contributed by atoms with Crippen LogP contribution in [0.4, 0.5) is 0 Å². The summed E-state index contributed by atoms with van der Waals surface area (Å²) in [4.78, 5) is 15.4. The van der Waals surface area contributed by atoms with E-state index >= 15 is 0 Å². The highest BCUT2D eigenvalue weighted by Gasteiger charge is 2.35. The maximum Gasteiger partial charge on any atom is 0.139 e. The van der Waals surface area contributed by atoms with Crippen molar-refractivity contribution in [1.29, 1.82) is 0 Å². The molecule has 1 aliphatic rings. The summed E-state index contributed by atoms with van der Waals surface area (Å²) >= 11 is 0. The van der Waals surface area contributed by atoms with Crippen molar-refractivity contribution in [3.05, 3.63) is 102 Å². The molecule has 1 unspecified atom stereocenters. The number of carbonyl (C=O) groups is 1. The second kappa shape index (κ2) is 9.06. The Morgan fingerprint density at radius 1 is 0.897 bits per heavy atom. The van der Waals surface area contributed by atoms with Gasteiger partial charge in [0.15, 0.2) is 0 Å². The number of hydrogen-bond donors (Lipinski definition) is 0. The Kier molecular flexibility index (Phi) is 6.06. The first-order chi connectivity index (χ1) is 14.2. The SMILES string of the molecule is COc1ccc(CN2CCC(=O)C(C(c3ccccc3)c3ccccc3)C2)cc1. The number of piperidine rings is 1. The molecular formula is C26H27NO2. The minimum atomic E-state index is -0.0354. The normalized spacial score (nSPS) is 17.4. The number of Topliss-reactive ketones (excluding diaryl/α,β-unsaturated/α-hetero) is 1. The first kappa shape index (κ1) is 19.4. The Bertz CT molecular complexity index is 882. The molecule has 0 spiro atoms. The highest BCUT2D eigenvalue weighted by molar-refractivity contribution is 5.83. The second-order valence-electron chi connectivity index (χ2n) is 7.71. The first-order valence-electron chi connectivity index (χ1n) is 10.2. The molecule has 0 saturated carbocycles. The quantitative estimate of drug-likeness (QED) is 0.603. The maximum atomic E-state index is 13.0. The summed E-state index contributed by atoms with van der Waals surface area (Å²) in [5.41, 5.74) is 3.67. The van der Waals surface area contributed by atoms with Crippen molar-refractivity contribution in [2.24, 2.45) is 5.92 Å². The Balaban J connectivity index is 1.58. The van der Waals surface area contributed by atoms with Crippen molar-refractivity contribution < 1.29 is 9.53 Å². The number of rotatable bonds is 6. The van der Waals surface area contributed by atoms with Gasteiger partial charge in [0.05, 0.1) is 7.11 Å². The zero-order valence-corrected chi connectivity index (χ0v) is 16.8. The molecule has 0 amide bonds. The van der Waals surface area contributed by atoms with E-state index in [0.717, 1.165) is 25.4 Å². The number of likely N-dealkylation sites (tertiary alicyclic amines) is 1. The predicted octanol–water partition coefficient (Wildman–Crippen LogP) is 4.92. The zero-order valence-electron chi connectivity index (χ0n) is 16.8. The number of ether oxygens (including phenoxy) is 1. The van der Waals surface area contributed by atoms with Crippen LogP contribution in [0.1, 0.15) is 29.0 Å². The van der Waals surface area contributed by atoms with Crippen LogP contribution in [0.3, 0.4) is 0 Å². The molecule has 0 aliphatic carbocycles. The smallest absolute Gasteiger partial charge is 0.139 e. The minimum Gasteiger partial charge on any atom is -0.497 e. The molecule has 3 aromatic carbocycles. The third kappa shape index (κ3) is 4.57. The van der Waals surface area contributed by atoms with E-state index in [4.69, 9.17) is 4.74 Å². The Labute approximate surface area is 172 Å². The van der Waals surface area contributed by atoms with Gasteiger partial charge in [-0.05, 0) is 28.8 Å². The summed E-state index contributed by atoms with van der Waals surface area (Å²) < 4.78 is 5.26. The summed E-state index contributed by atoms with van der Waals surface area (Å²) in [6.07, 6.45) is 0.608. The van der Waals surface area contributed by atoms with Gasteiger partial charge in [-0.1, -0.05) is 72.8 Å². The lowest BCUT2D eigenvalue weighted by atomic mass is 9.76. The fourth-order valence-electron chi connectivity index (χ4n) is 4.33. The Morgan fingerprint density at radius 2 is 1.48 bits per heavy atom. The number of benzene rings is 3. The third-order valence-corrected chi connectivity index (χ3v) is 5.83. The third-order valence-electron chi connectivity index (χ3n) is 5.83. The lowest BCUT2D eigenvalue weighted by Crippen LogP contribution is -2.43. The molecule has 1 atom stereocenters. The van der Waals surface area contributed by atoms with Crippen LogP contribution in [0, 0.1) is 5.92 Å². The summed E-state index contributed by atoms with van der Waals surface area (Å²) in [6.45, 7) is 2.45. The van der Waals surface area contributed by atoms with Crippen molar-refractivity contribution in [2.75, 3.05) is 20.2 Å². The van der Waals surface area contributed by atoms with E-state index in [1.807, 2.05) is 24.3 Å². The fourth-order valence-corrected chi connectivity index (χ4v) is 4.33. The number of carbonyl (C=O) groups excluding carboxylic acids is 1. The molecule has 0 aromatic heterocycles. The average molecular weight is 386 g/mol. The molecule has 0 N–H and O–H groups in total. The van der Waals surface area contributed by atoms with E-state index in [-0.39, 0.29) is 11.8 Å². The Hall–Kier alpha value is -2.91. The largest absolute Gasteiger partial charge is 0.497 e. The highest BCUT2D eigenvalue weighted by Crippen LogP contribution is 2.36. The zero-order chi connectivity index (χ0) is 20.1. The van der Waals surface area contributed by atoms with E-state index < -0.39 is 0 Å². The van der Waals surface area contributed by atoms with Crippen molar-refractivity contribution >= 4 is 5.78 Å². The number of methoxy groups -OCH3 is 1. The topological polar surface area (TPSA) is 29.5 Å². The number of hydrogen-bond acceptors (Lipinski definition) is 3. The predicted molar refractivity (Wildman–Crippen MR) is 116 cm³/mol. The van der Waals surface area contributed by atoms with Crippen LogP contribution < -0.4 is 4.74 Å². The molecule has 0 bridgehead atoms. The van der Waals surface area contributed by atoms with Gasteiger partial charge >= 0.3 is 0 Å². The summed E-state index contributed by atoms with van der Waals surface area (Å²) in [6, 6.07) is 29.1. The van der Waals surface area contributed by atoms with Crippen LogP contribution in [0.5, 0.6) is 5.75 Å². The molecule has 4 rings (SSSR count). The molecule has 1 fully saturated rings. The van der Waals surface area contributed by atoms with E-state index in [1.54, 1.807) is 7.11 Å². The maximum absolute atomic E-state index is 13.0. The summed E-state index contributed by atoms with van der Waals surface area (Å²) in [7, 11) is 1.68. The van der Waals surface area contributed by atoms with Gasteiger partial charge < -0.3 is 4.74 Å². The van der Waals surface area contributed by atoms with Gasteiger partial charge in [0.1, 0.15) is 11.5 Å². The van der Waals surface area contributed by atoms with Gasteiger partial charge in [0, 0.05) is 37.9 Å². The molecule has 3 aromatic rings. The number of nitrogens with zero attached hydrogens (tertiary/aromatic N) is 1.